The van der Waals surface area contributed by atoms with E-state index in [4.69, 9.17) is 9.47 Å². The monoisotopic (exact) mass is 348 g/mol. The molecule has 1 saturated heterocycles. The molecule has 23 heavy (non-hydrogen) atoms. The van der Waals surface area contributed by atoms with Crippen LogP contribution in [0.5, 0.6) is 0 Å². The molecular formula is C19H24O2S2. The average Bonchev–Trinajstić information content (AvgIpc) is 3.17. The Balaban J connectivity index is 1.65. The Bertz CT molecular complexity index is 606. The van der Waals surface area contributed by atoms with Crippen molar-refractivity contribution in [2.75, 3.05) is 13.2 Å². The molecule has 2 aromatic rings. The third-order valence-electron chi connectivity index (χ3n) is 3.92. The normalized spacial score (nSPS) is 18.1. The van der Waals surface area contributed by atoms with Crippen LogP contribution in [0.4, 0.5) is 0 Å². The number of ether oxygens (including phenoxy) is 2. The molecule has 3 heterocycles. The van der Waals surface area contributed by atoms with Gasteiger partial charge in [0.15, 0.2) is 6.29 Å². The first-order valence-electron chi connectivity index (χ1n) is 8.29. The number of hydrogen-bond acceptors (Lipinski definition) is 4. The van der Waals surface area contributed by atoms with E-state index >= 15 is 0 Å². The predicted octanol–water partition coefficient (Wildman–Crippen LogP) is 5.79. The Morgan fingerprint density at radius 3 is 2.35 bits per heavy atom. The Hall–Kier alpha value is -0.940. The minimum atomic E-state index is 0.00793. The van der Waals surface area contributed by atoms with Crippen molar-refractivity contribution in [3.8, 4) is 0 Å². The zero-order valence-electron chi connectivity index (χ0n) is 13.8. The molecule has 1 atom stereocenters. The molecule has 2 nitrogen and oxygen atoms in total. The lowest BCUT2D eigenvalue weighted by molar-refractivity contribution is -0.161. The Morgan fingerprint density at radius 1 is 1.13 bits per heavy atom. The smallest absolute Gasteiger partial charge is 0.157 e. The van der Waals surface area contributed by atoms with Crippen LogP contribution in [0.15, 0.2) is 30.3 Å². The molecule has 0 aliphatic carbocycles. The molecule has 0 aromatic carbocycles. The average molecular weight is 349 g/mol. The van der Waals surface area contributed by atoms with Crippen LogP contribution in [0.25, 0.3) is 5.57 Å². The zero-order valence-corrected chi connectivity index (χ0v) is 15.5. The van der Waals surface area contributed by atoms with Crippen LogP contribution in [-0.2, 0) is 9.47 Å². The van der Waals surface area contributed by atoms with Gasteiger partial charge >= 0.3 is 0 Å². The Morgan fingerprint density at radius 2 is 1.83 bits per heavy atom. The summed E-state index contributed by atoms with van der Waals surface area (Å²) in [6, 6.07) is 8.85. The maximum absolute atomic E-state index is 5.86. The van der Waals surface area contributed by atoms with Gasteiger partial charge in [-0.2, -0.15) is 0 Å². The summed E-state index contributed by atoms with van der Waals surface area (Å²) in [6.07, 6.45) is 6.66. The van der Waals surface area contributed by atoms with Crippen LogP contribution in [0, 0.1) is 13.8 Å². The van der Waals surface area contributed by atoms with Crippen molar-refractivity contribution < 1.29 is 9.47 Å². The highest BCUT2D eigenvalue weighted by Gasteiger charge is 2.14. The van der Waals surface area contributed by atoms with Crippen LogP contribution < -0.4 is 0 Å². The molecule has 0 amide bonds. The molecule has 2 aromatic heterocycles. The van der Waals surface area contributed by atoms with Crippen molar-refractivity contribution in [1.82, 2.24) is 0 Å². The largest absolute Gasteiger partial charge is 0.353 e. The first-order valence-corrected chi connectivity index (χ1v) is 9.92. The fourth-order valence-corrected chi connectivity index (χ4v) is 4.64. The van der Waals surface area contributed by atoms with Crippen LogP contribution in [0.2, 0.25) is 0 Å². The van der Waals surface area contributed by atoms with Gasteiger partial charge in [0.1, 0.15) is 0 Å². The third kappa shape index (κ3) is 4.77. The fourth-order valence-electron chi connectivity index (χ4n) is 2.73. The van der Waals surface area contributed by atoms with E-state index in [9.17, 15) is 0 Å². The summed E-state index contributed by atoms with van der Waals surface area (Å²) in [7, 11) is 0. The zero-order chi connectivity index (χ0) is 16.1. The maximum Gasteiger partial charge on any atom is 0.157 e. The fraction of sp³-hybridized carbons (Fsp3) is 0.474. The van der Waals surface area contributed by atoms with E-state index in [1.807, 2.05) is 22.7 Å². The molecular weight excluding hydrogens is 324 g/mol. The molecule has 4 heteroatoms. The SMILES string of the molecule is Cc1ccc(C(=CCCOC2CCCCO2)c2ccc(C)s2)s1. The van der Waals surface area contributed by atoms with Crippen molar-refractivity contribution >= 4 is 28.2 Å². The minimum Gasteiger partial charge on any atom is -0.353 e. The van der Waals surface area contributed by atoms with Gasteiger partial charge in [-0.15, -0.1) is 22.7 Å². The van der Waals surface area contributed by atoms with E-state index in [-0.39, 0.29) is 6.29 Å². The summed E-state index contributed by atoms with van der Waals surface area (Å²) >= 11 is 3.72. The summed E-state index contributed by atoms with van der Waals surface area (Å²) in [5, 5.41) is 0. The first-order chi connectivity index (χ1) is 11.2. The van der Waals surface area contributed by atoms with Gasteiger partial charge in [0, 0.05) is 31.7 Å². The lowest BCUT2D eigenvalue weighted by Gasteiger charge is -2.22. The van der Waals surface area contributed by atoms with Gasteiger partial charge < -0.3 is 9.47 Å². The van der Waals surface area contributed by atoms with Crippen molar-refractivity contribution in [2.24, 2.45) is 0 Å². The van der Waals surface area contributed by atoms with Gasteiger partial charge in [-0.3, -0.25) is 0 Å². The maximum atomic E-state index is 5.86. The standard InChI is InChI=1S/C19H24O2S2/c1-14-8-10-17(22-14)16(18-11-9-15(2)23-18)6-5-13-21-19-7-3-4-12-20-19/h6,8-11,19H,3-5,7,12-13H2,1-2H3. The number of aryl methyl sites for hydroxylation is 2. The molecule has 1 aliphatic rings. The molecule has 0 radical (unpaired) electrons. The van der Waals surface area contributed by atoms with Gasteiger partial charge in [0.05, 0.1) is 6.61 Å². The molecule has 1 fully saturated rings. The van der Waals surface area contributed by atoms with Crippen molar-refractivity contribution in [2.45, 2.75) is 45.8 Å². The lowest BCUT2D eigenvalue weighted by atomic mass is 10.1. The quantitative estimate of drug-likeness (QED) is 0.615. The van der Waals surface area contributed by atoms with E-state index in [1.54, 1.807) is 0 Å². The third-order valence-corrected chi connectivity index (χ3v) is 5.99. The van der Waals surface area contributed by atoms with Crippen molar-refractivity contribution in [3.05, 3.63) is 49.9 Å². The number of rotatable bonds is 6. The van der Waals surface area contributed by atoms with Crippen LogP contribution in [0.3, 0.4) is 0 Å². The number of hydrogen-bond donors (Lipinski definition) is 0. The van der Waals surface area contributed by atoms with Gasteiger partial charge in [-0.25, -0.2) is 0 Å². The van der Waals surface area contributed by atoms with Gasteiger partial charge in [-0.05, 0) is 63.8 Å². The summed E-state index contributed by atoms with van der Waals surface area (Å²) in [5.41, 5.74) is 1.34. The highest BCUT2D eigenvalue weighted by atomic mass is 32.1. The summed E-state index contributed by atoms with van der Waals surface area (Å²) in [4.78, 5) is 5.40. The highest BCUT2D eigenvalue weighted by molar-refractivity contribution is 7.15. The van der Waals surface area contributed by atoms with Crippen molar-refractivity contribution in [1.29, 1.82) is 0 Å². The van der Waals surface area contributed by atoms with Gasteiger partial charge in [-0.1, -0.05) is 6.08 Å². The topological polar surface area (TPSA) is 18.5 Å². The Labute approximate surface area is 146 Å². The van der Waals surface area contributed by atoms with Crippen LogP contribution in [0.1, 0.15) is 45.2 Å². The molecule has 1 unspecified atom stereocenters. The summed E-state index contributed by atoms with van der Waals surface area (Å²) < 4.78 is 11.5. The molecule has 0 bridgehead atoms. The summed E-state index contributed by atoms with van der Waals surface area (Å²) in [5.74, 6) is 0. The van der Waals surface area contributed by atoms with E-state index in [0.29, 0.717) is 0 Å². The second kappa shape index (κ2) is 8.25. The molecule has 3 rings (SSSR count). The first kappa shape index (κ1) is 16.9. The molecule has 0 saturated carbocycles. The predicted molar refractivity (Wildman–Crippen MR) is 99.4 cm³/mol. The summed E-state index contributed by atoms with van der Waals surface area (Å²) in [6.45, 7) is 5.89. The van der Waals surface area contributed by atoms with Gasteiger partial charge in [0.25, 0.3) is 0 Å². The lowest BCUT2D eigenvalue weighted by Crippen LogP contribution is -2.22. The van der Waals surface area contributed by atoms with Crippen molar-refractivity contribution in [3.63, 3.8) is 0 Å². The molecule has 0 N–H and O–H groups in total. The van der Waals surface area contributed by atoms with Gasteiger partial charge in [0.2, 0.25) is 0 Å². The minimum absolute atomic E-state index is 0.00793. The second-order valence-corrected chi connectivity index (χ2v) is 8.47. The van der Waals surface area contributed by atoms with E-state index in [1.165, 1.54) is 37.9 Å². The Kier molecular flexibility index (Phi) is 6.06. The number of thiophene rings is 2. The molecule has 1 aliphatic heterocycles. The van der Waals surface area contributed by atoms with E-state index in [0.717, 1.165) is 26.1 Å². The molecule has 0 spiro atoms. The second-order valence-electron chi connectivity index (χ2n) is 5.89. The van der Waals surface area contributed by atoms with E-state index in [2.05, 4.69) is 44.2 Å². The molecule has 124 valence electrons. The van der Waals surface area contributed by atoms with Crippen LogP contribution in [-0.4, -0.2) is 19.5 Å². The highest BCUT2D eigenvalue weighted by Crippen LogP contribution is 2.33. The van der Waals surface area contributed by atoms with E-state index < -0.39 is 0 Å². The van der Waals surface area contributed by atoms with Crippen LogP contribution >= 0.6 is 22.7 Å².